The zero-order chi connectivity index (χ0) is 22.1. The Morgan fingerprint density at radius 2 is 1.68 bits per heavy atom. The zero-order valence-corrected chi connectivity index (χ0v) is 17.7. The molecule has 0 radical (unpaired) electrons. The second-order valence-electron chi connectivity index (χ2n) is 7.33. The van der Waals surface area contributed by atoms with Gasteiger partial charge in [0.1, 0.15) is 11.4 Å². The molecule has 0 unspecified atom stereocenters. The Kier molecular flexibility index (Phi) is 7.98. The van der Waals surface area contributed by atoms with Gasteiger partial charge in [-0.25, -0.2) is 9.78 Å². The van der Waals surface area contributed by atoms with E-state index < -0.39 is 0 Å². The quantitative estimate of drug-likeness (QED) is 0.711. The van der Waals surface area contributed by atoms with Gasteiger partial charge in [-0.15, -0.1) is 0 Å². The molecule has 2 heterocycles. The van der Waals surface area contributed by atoms with Crippen molar-refractivity contribution in [3.63, 3.8) is 0 Å². The summed E-state index contributed by atoms with van der Waals surface area (Å²) in [7, 11) is 0. The monoisotopic (exact) mass is 424 g/mol. The van der Waals surface area contributed by atoms with Crippen molar-refractivity contribution in [1.82, 2.24) is 20.5 Å². The van der Waals surface area contributed by atoms with Gasteiger partial charge in [-0.1, -0.05) is 36.4 Å². The molecule has 1 aliphatic rings. The third kappa shape index (κ3) is 6.53. The Labute approximate surface area is 182 Å². The fraction of sp³-hybridized carbons (Fsp3) is 0.391. The number of carbonyl (C=O) groups excluding carboxylic acids is 3. The molecule has 1 fully saturated rings. The van der Waals surface area contributed by atoms with E-state index in [9.17, 15) is 14.4 Å². The lowest BCUT2D eigenvalue weighted by molar-refractivity contribution is 0.0856. The van der Waals surface area contributed by atoms with Crippen molar-refractivity contribution in [2.45, 2.75) is 32.2 Å². The van der Waals surface area contributed by atoms with Crippen LogP contribution in [-0.4, -0.2) is 60.1 Å². The standard InChI is InChI=1S/C23H28N4O4/c1-2-31-23(30)27-15-12-18(13-16-27)25-22(29)20-10-6-9-19(26-20)21(28)24-14-11-17-7-4-3-5-8-17/h3-10,18H,2,11-16H2,1H3,(H,24,28)(H,25,29). The first-order valence-corrected chi connectivity index (χ1v) is 10.6. The SMILES string of the molecule is CCOC(=O)N1CCC(NC(=O)c2cccc(C(=O)NCCc3ccccc3)n2)CC1. The Hall–Kier alpha value is -3.42. The molecule has 0 spiro atoms. The molecule has 2 aromatic rings. The van der Waals surface area contributed by atoms with Gasteiger partial charge in [0.15, 0.2) is 0 Å². The number of nitrogens with zero attached hydrogens (tertiary/aromatic N) is 2. The molecule has 3 amide bonds. The van der Waals surface area contributed by atoms with Gasteiger partial charge < -0.3 is 20.3 Å². The molecule has 164 valence electrons. The van der Waals surface area contributed by atoms with Crippen LogP contribution < -0.4 is 10.6 Å². The molecule has 0 bridgehead atoms. The zero-order valence-electron chi connectivity index (χ0n) is 17.7. The van der Waals surface area contributed by atoms with Crippen molar-refractivity contribution in [2.24, 2.45) is 0 Å². The van der Waals surface area contributed by atoms with Crippen LogP contribution >= 0.6 is 0 Å². The summed E-state index contributed by atoms with van der Waals surface area (Å²) in [6.45, 7) is 3.66. The number of nitrogens with one attached hydrogen (secondary N) is 2. The number of hydrogen-bond donors (Lipinski definition) is 2. The summed E-state index contributed by atoms with van der Waals surface area (Å²) in [4.78, 5) is 42.6. The third-order valence-corrected chi connectivity index (χ3v) is 5.11. The van der Waals surface area contributed by atoms with E-state index in [0.717, 1.165) is 12.0 Å². The first kappa shape index (κ1) is 22.3. The number of carbonyl (C=O) groups is 3. The molecule has 0 saturated carbocycles. The molecule has 1 aromatic carbocycles. The normalized spacial score (nSPS) is 14.0. The van der Waals surface area contributed by atoms with Gasteiger partial charge in [-0.3, -0.25) is 9.59 Å². The summed E-state index contributed by atoms with van der Waals surface area (Å²) >= 11 is 0. The third-order valence-electron chi connectivity index (χ3n) is 5.11. The molecule has 0 atom stereocenters. The predicted octanol–water partition coefficient (Wildman–Crippen LogP) is 2.40. The second kappa shape index (κ2) is 11.1. The average molecular weight is 425 g/mol. The van der Waals surface area contributed by atoms with Crippen molar-refractivity contribution in [2.75, 3.05) is 26.2 Å². The first-order chi connectivity index (χ1) is 15.1. The highest BCUT2D eigenvalue weighted by Gasteiger charge is 2.25. The number of rotatable bonds is 7. The van der Waals surface area contributed by atoms with E-state index in [1.165, 1.54) is 0 Å². The number of amides is 3. The lowest BCUT2D eigenvalue weighted by Crippen LogP contribution is -2.46. The molecule has 1 aliphatic heterocycles. The van der Waals surface area contributed by atoms with Gasteiger partial charge in [0.25, 0.3) is 11.8 Å². The predicted molar refractivity (Wildman–Crippen MR) is 116 cm³/mol. The van der Waals surface area contributed by atoms with Gasteiger partial charge in [-0.05, 0) is 43.9 Å². The summed E-state index contributed by atoms with van der Waals surface area (Å²) in [6.07, 6.45) is 1.69. The number of likely N-dealkylation sites (tertiary alicyclic amines) is 1. The van der Waals surface area contributed by atoms with Crippen molar-refractivity contribution in [3.05, 3.63) is 65.5 Å². The molecule has 2 N–H and O–H groups in total. The van der Waals surface area contributed by atoms with E-state index in [0.29, 0.717) is 39.1 Å². The smallest absolute Gasteiger partial charge is 0.409 e. The second-order valence-corrected chi connectivity index (χ2v) is 7.33. The van der Waals surface area contributed by atoms with Crippen LogP contribution in [-0.2, 0) is 11.2 Å². The van der Waals surface area contributed by atoms with Crippen molar-refractivity contribution in [3.8, 4) is 0 Å². The maximum atomic E-state index is 12.6. The van der Waals surface area contributed by atoms with E-state index in [1.807, 2.05) is 30.3 Å². The lowest BCUT2D eigenvalue weighted by atomic mass is 10.1. The lowest BCUT2D eigenvalue weighted by Gasteiger charge is -2.31. The number of pyridine rings is 1. The summed E-state index contributed by atoms with van der Waals surface area (Å²) in [5.74, 6) is -0.637. The molecule has 0 aliphatic carbocycles. The average Bonchev–Trinajstić information content (AvgIpc) is 2.80. The number of piperidine rings is 1. The largest absolute Gasteiger partial charge is 0.450 e. The van der Waals surface area contributed by atoms with Crippen LogP contribution in [0.25, 0.3) is 0 Å². The van der Waals surface area contributed by atoms with E-state index in [4.69, 9.17) is 4.74 Å². The summed E-state index contributed by atoms with van der Waals surface area (Å²) in [5.41, 5.74) is 1.54. The van der Waals surface area contributed by atoms with Gasteiger partial charge in [0.2, 0.25) is 0 Å². The van der Waals surface area contributed by atoms with E-state index in [1.54, 1.807) is 30.0 Å². The molecule has 1 aromatic heterocycles. The van der Waals surface area contributed by atoms with Gasteiger partial charge in [-0.2, -0.15) is 0 Å². The molecule has 8 heteroatoms. The van der Waals surface area contributed by atoms with Crippen molar-refractivity contribution in [1.29, 1.82) is 0 Å². The van der Waals surface area contributed by atoms with Crippen LogP contribution in [0.3, 0.4) is 0 Å². The van der Waals surface area contributed by atoms with Gasteiger partial charge >= 0.3 is 6.09 Å². The minimum absolute atomic E-state index is 0.0525. The molecule has 1 saturated heterocycles. The molecule has 8 nitrogen and oxygen atoms in total. The van der Waals surface area contributed by atoms with Gasteiger partial charge in [0, 0.05) is 25.7 Å². The number of aromatic nitrogens is 1. The minimum Gasteiger partial charge on any atom is -0.450 e. The Morgan fingerprint density at radius 1 is 1.00 bits per heavy atom. The van der Waals surface area contributed by atoms with Crippen LogP contribution in [0.2, 0.25) is 0 Å². The molecular formula is C23H28N4O4. The minimum atomic E-state index is -0.325. The van der Waals surface area contributed by atoms with Crippen LogP contribution in [0.15, 0.2) is 48.5 Å². The molecule has 3 rings (SSSR count). The van der Waals surface area contributed by atoms with Crippen LogP contribution in [0, 0.1) is 0 Å². The summed E-state index contributed by atoms with van der Waals surface area (Å²) < 4.78 is 5.01. The van der Waals surface area contributed by atoms with Gasteiger partial charge in [0.05, 0.1) is 6.61 Å². The highest BCUT2D eigenvalue weighted by Crippen LogP contribution is 2.12. The van der Waals surface area contributed by atoms with Crippen LogP contribution in [0.1, 0.15) is 46.3 Å². The summed E-state index contributed by atoms with van der Waals surface area (Å²) in [5, 5.41) is 5.78. The maximum absolute atomic E-state index is 12.6. The number of benzene rings is 1. The molecule has 31 heavy (non-hydrogen) atoms. The maximum Gasteiger partial charge on any atom is 0.409 e. The van der Waals surface area contributed by atoms with Crippen molar-refractivity contribution < 1.29 is 19.1 Å². The van der Waals surface area contributed by atoms with Crippen molar-refractivity contribution >= 4 is 17.9 Å². The Balaban J connectivity index is 1.48. The highest BCUT2D eigenvalue weighted by molar-refractivity contribution is 5.96. The van der Waals surface area contributed by atoms with E-state index in [2.05, 4.69) is 15.6 Å². The van der Waals surface area contributed by atoms with Crippen LogP contribution in [0.5, 0.6) is 0 Å². The fourth-order valence-corrected chi connectivity index (χ4v) is 3.42. The highest BCUT2D eigenvalue weighted by atomic mass is 16.6. The Morgan fingerprint density at radius 3 is 2.35 bits per heavy atom. The fourth-order valence-electron chi connectivity index (χ4n) is 3.42. The first-order valence-electron chi connectivity index (χ1n) is 10.6. The molecular weight excluding hydrogens is 396 g/mol. The van der Waals surface area contributed by atoms with Crippen LogP contribution in [0.4, 0.5) is 4.79 Å². The number of ether oxygens (including phenoxy) is 1. The number of hydrogen-bond acceptors (Lipinski definition) is 5. The Bertz CT molecular complexity index is 895. The van der Waals surface area contributed by atoms with E-state index >= 15 is 0 Å². The van der Waals surface area contributed by atoms with E-state index in [-0.39, 0.29) is 35.3 Å². The summed E-state index contributed by atoms with van der Waals surface area (Å²) in [6, 6.07) is 14.7. The topological polar surface area (TPSA) is 101 Å².